The molecule has 2 aliphatic rings. The lowest BCUT2D eigenvalue weighted by molar-refractivity contribution is -0.131. The third-order valence-corrected chi connectivity index (χ3v) is 9.76. The van der Waals surface area contributed by atoms with Crippen LogP contribution in [0.4, 0.5) is 0 Å². The standard InChI is InChI=1S/C39H46N4O3/c44-37(36(43-38(45)31-15-19-40-20-16-31)26-28-10-12-30-6-2-4-8-33(30)24-28)14-13-34(39(46)42-35-17-21-41-22-18-35)25-27-9-11-29-5-1-3-7-32(29)23-27/h1-12,23-24,31,34-36,40-41H,13-22,25-26H2,(H,42,46)(H,43,45)/t34-,36?/m0/s1. The molecule has 0 radical (unpaired) electrons. The lowest BCUT2D eigenvalue weighted by Crippen LogP contribution is -2.47. The Kier molecular flexibility index (Phi) is 10.7. The molecule has 7 nitrogen and oxygen atoms in total. The maximum atomic E-state index is 14.0. The minimum atomic E-state index is -0.641. The highest BCUT2D eigenvalue weighted by molar-refractivity contribution is 5.91. The molecule has 2 heterocycles. The number of carbonyl (C=O) groups excluding carboxylic acids is 3. The van der Waals surface area contributed by atoms with Crippen LogP contribution < -0.4 is 21.3 Å². The summed E-state index contributed by atoms with van der Waals surface area (Å²) < 4.78 is 0. The molecule has 2 fully saturated rings. The monoisotopic (exact) mass is 618 g/mol. The summed E-state index contributed by atoms with van der Waals surface area (Å²) in [5.74, 6) is -0.491. The number of ketones is 1. The molecule has 2 saturated heterocycles. The van der Waals surface area contributed by atoms with E-state index in [0.717, 1.165) is 84.5 Å². The zero-order valence-electron chi connectivity index (χ0n) is 26.6. The second kappa shape index (κ2) is 15.5. The summed E-state index contributed by atoms with van der Waals surface area (Å²) in [5, 5.41) is 17.7. The fraction of sp³-hybridized carbons (Fsp3) is 0.410. The molecule has 0 aliphatic carbocycles. The van der Waals surface area contributed by atoms with E-state index in [9.17, 15) is 14.4 Å². The summed E-state index contributed by atoms with van der Waals surface area (Å²) in [4.78, 5) is 41.1. The minimum Gasteiger partial charge on any atom is -0.353 e. The van der Waals surface area contributed by atoms with Crippen LogP contribution in [0.3, 0.4) is 0 Å². The Bertz CT molecular complexity index is 1660. The molecular formula is C39H46N4O3. The fourth-order valence-electron chi connectivity index (χ4n) is 6.97. The van der Waals surface area contributed by atoms with Gasteiger partial charge in [-0.05, 0) is 104 Å². The van der Waals surface area contributed by atoms with Crippen LogP contribution in [0.25, 0.3) is 21.5 Å². The van der Waals surface area contributed by atoms with Gasteiger partial charge < -0.3 is 21.3 Å². The van der Waals surface area contributed by atoms with Gasteiger partial charge in [0.1, 0.15) is 0 Å². The number of hydrogen-bond acceptors (Lipinski definition) is 5. The van der Waals surface area contributed by atoms with Crippen LogP contribution >= 0.6 is 0 Å². The van der Waals surface area contributed by atoms with Crippen LogP contribution in [0.1, 0.15) is 49.7 Å². The van der Waals surface area contributed by atoms with Crippen LogP contribution in [-0.4, -0.2) is 55.9 Å². The first-order chi connectivity index (χ1) is 22.5. The van der Waals surface area contributed by atoms with E-state index in [0.29, 0.717) is 19.3 Å². The maximum absolute atomic E-state index is 14.0. The number of hydrogen-bond donors (Lipinski definition) is 4. The van der Waals surface area contributed by atoms with Crippen LogP contribution in [-0.2, 0) is 27.2 Å². The molecule has 6 rings (SSSR count). The van der Waals surface area contributed by atoms with Crippen molar-refractivity contribution >= 4 is 39.1 Å². The van der Waals surface area contributed by atoms with E-state index in [1.54, 1.807) is 0 Å². The van der Waals surface area contributed by atoms with E-state index in [1.165, 1.54) is 0 Å². The zero-order valence-corrected chi connectivity index (χ0v) is 26.6. The van der Waals surface area contributed by atoms with Gasteiger partial charge in [-0.2, -0.15) is 0 Å². The molecule has 1 unspecified atom stereocenters. The first kappa shape index (κ1) is 31.9. The number of fused-ring (bicyclic) bond motifs is 2. The first-order valence-corrected chi connectivity index (χ1v) is 17.0. The van der Waals surface area contributed by atoms with E-state index in [-0.39, 0.29) is 41.9 Å². The number of nitrogens with one attached hydrogen (secondary N) is 4. The molecule has 2 aliphatic heterocycles. The molecule has 4 aromatic rings. The lowest BCUT2D eigenvalue weighted by atomic mass is 9.89. The Morgan fingerprint density at radius 1 is 0.674 bits per heavy atom. The SMILES string of the molecule is O=C(NC(Cc1ccc2ccccc2c1)C(=O)CC[C@@H](Cc1ccc2ccccc2c1)C(=O)NC1CCNCC1)C1CCNCC1. The van der Waals surface area contributed by atoms with Gasteiger partial charge in [0.2, 0.25) is 11.8 Å². The van der Waals surface area contributed by atoms with E-state index >= 15 is 0 Å². The quantitative estimate of drug-likeness (QED) is 0.177. The normalized spacial score (nSPS) is 17.4. The largest absolute Gasteiger partial charge is 0.353 e. The van der Waals surface area contributed by atoms with Gasteiger partial charge in [0.15, 0.2) is 5.78 Å². The lowest BCUT2D eigenvalue weighted by Gasteiger charge is -2.27. The van der Waals surface area contributed by atoms with E-state index < -0.39 is 6.04 Å². The van der Waals surface area contributed by atoms with Gasteiger partial charge in [-0.1, -0.05) is 84.9 Å². The molecule has 2 amide bonds. The molecule has 4 aromatic carbocycles. The fourth-order valence-corrected chi connectivity index (χ4v) is 6.97. The van der Waals surface area contributed by atoms with Crippen LogP contribution in [0.15, 0.2) is 84.9 Å². The van der Waals surface area contributed by atoms with Crippen molar-refractivity contribution in [3.8, 4) is 0 Å². The average molecular weight is 619 g/mol. The van der Waals surface area contributed by atoms with Gasteiger partial charge in [-0.25, -0.2) is 0 Å². The molecule has 46 heavy (non-hydrogen) atoms. The Morgan fingerprint density at radius 3 is 1.83 bits per heavy atom. The van der Waals surface area contributed by atoms with Crippen LogP contribution in [0.2, 0.25) is 0 Å². The number of benzene rings is 4. The highest BCUT2D eigenvalue weighted by atomic mass is 16.2. The Morgan fingerprint density at radius 2 is 1.22 bits per heavy atom. The number of rotatable bonds is 12. The van der Waals surface area contributed by atoms with Gasteiger partial charge in [0.25, 0.3) is 0 Å². The van der Waals surface area contributed by atoms with Gasteiger partial charge in [0, 0.05) is 24.3 Å². The highest BCUT2D eigenvalue weighted by Gasteiger charge is 2.29. The van der Waals surface area contributed by atoms with Gasteiger partial charge >= 0.3 is 0 Å². The zero-order chi connectivity index (χ0) is 31.7. The van der Waals surface area contributed by atoms with E-state index in [4.69, 9.17) is 0 Å². The predicted octanol–water partition coefficient (Wildman–Crippen LogP) is 5.10. The summed E-state index contributed by atoms with van der Waals surface area (Å²) in [6.07, 6.45) is 5.00. The Balaban J connectivity index is 1.19. The third kappa shape index (κ3) is 8.39. The van der Waals surface area contributed by atoms with Crippen molar-refractivity contribution in [2.45, 2.75) is 63.5 Å². The molecule has 2 atom stereocenters. The summed E-state index contributed by atoms with van der Waals surface area (Å²) in [7, 11) is 0. The molecule has 7 heteroatoms. The summed E-state index contributed by atoms with van der Waals surface area (Å²) in [6.45, 7) is 3.41. The molecule has 0 aromatic heterocycles. The van der Waals surface area contributed by atoms with Crippen molar-refractivity contribution in [2.75, 3.05) is 26.2 Å². The molecule has 0 bridgehead atoms. The van der Waals surface area contributed by atoms with Gasteiger partial charge in [-0.15, -0.1) is 0 Å². The number of carbonyl (C=O) groups is 3. The van der Waals surface area contributed by atoms with E-state index in [1.807, 2.05) is 30.3 Å². The Labute approximate surface area is 271 Å². The van der Waals surface area contributed by atoms with Crippen LogP contribution in [0.5, 0.6) is 0 Å². The summed E-state index contributed by atoms with van der Waals surface area (Å²) in [6, 6.07) is 28.5. The predicted molar refractivity (Wildman–Crippen MR) is 185 cm³/mol. The van der Waals surface area contributed by atoms with Crippen molar-refractivity contribution < 1.29 is 14.4 Å². The van der Waals surface area contributed by atoms with E-state index in [2.05, 4.69) is 75.9 Å². The van der Waals surface area contributed by atoms with Gasteiger partial charge in [0.05, 0.1) is 6.04 Å². The molecule has 0 saturated carbocycles. The van der Waals surface area contributed by atoms with Crippen molar-refractivity contribution in [3.05, 3.63) is 96.1 Å². The molecule has 4 N–H and O–H groups in total. The van der Waals surface area contributed by atoms with Crippen molar-refractivity contribution in [1.82, 2.24) is 21.3 Å². The van der Waals surface area contributed by atoms with Crippen molar-refractivity contribution in [1.29, 1.82) is 0 Å². The summed E-state index contributed by atoms with van der Waals surface area (Å²) in [5.41, 5.74) is 2.10. The second-order valence-electron chi connectivity index (χ2n) is 13.1. The smallest absolute Gasteiger partial charge is 0.223 e. The number of piperidine rings is 2. The highest BCUT2D eigenvalue weighted by Crippen LogP contribution is 2.23. The molecular weight excluding hydrogens is 572 g/mol. The summed E-state index contributed by atoms with van der Waals surface area (Å²) >= 11 is 0. The Hall–Kier alpha value is -4.07. The molecule has 0 spiro atoms. The topological polar surface area (TPSA) is 99.3 Å². The maximum Gasteiger partial charge on any atom is 0.223 e. The molecule has 240 valence electrons. The third-order valence-electron chi connectivity index (χ3n) is 9.76. The minimum absolute atomic E-state index is 0.0117. The van der Waals surface area contributed by atoms with Crippen molar-refractivity contribution in [3.63, 3.8) is 0 Å². The van der Waals surface area contributed by atoms with Gasteiger partial charge in [-0.3, -0.25) is 14.4 Å². The number of Topliss-reactive ketones (excluding diaryl/α,β-unsaturated/α-hetero) is 1. The second-order valence-corrected chi connectivity index (χ2v) is 13.1. The average Bonchev–Trinajstić information content (AvgIpc) is 3.10. The van der Waals surface area contributed by atoms with Crippen molar-refractivity contribution in [2.24, 2.45) is 11.8 Å². The van der Waals surface area contributed by atoms with Crippen LogP contribution in [0, 0.1) is 11.8 Å². The number of amides is 2. The first-order valence-electron chi connectivity index (χ1n) is 17.0.